The number of non-ortho nitro benzene ring substituents is 1. The van der Waals surface area contributed by atoms with Gasteiger partial charge < -0.3 is 5.73 Å². The molecule has 0 fully saturated rings. The van der Waals surface area contributed by atoms with Crippen molar-refractivity contribution in [3.8, 4) is 11.1 Å². The van der Waals surface area contributed by atoms with Crippen LogP contribution in [0, 0.1) is 10.1 Å². The van der Waals surface area contributed by atoms with E-state index in [4.69, 9.17) is 17.3 Å². The van der Waals surface area contributed by atoms with Crippen LogP contribution in [0.4, 0.5) is 5.69 Å². The van der Waals surface area contributed by atoms with Crippen molar-refractivity contribution in [2.75, 3.05) is 0 Å². The molecule has 2 aromatic rings. The largest absolute Gasteiger partial charge is 0.326 e. The highest BCUT2D eigenvalue weighted by Gasteiger charge is 2.08. The molecule has 4 nitrogen and oxygen atoms in total. The fourth-order valence-corrected chi connectivity index (χ4v) is 1.90. The van der Waals surface area contributed by atoms with Crippen LogP contribution in [0.15, 0.2) is 42.5 Å². The van der Waals surface area contributed by atoms with E-state index in [0.717, 1.165) is 16.7 Å². The number of nitro groups is 1. The maximum absolute atomic E-state index is 10.7. The molecule has 0 unspecified atom stereocenters. The quantitative estimate of drug-likeness (QED) is 0.681. The standard InChI is InChI=1S/C13H11ClN2O2/c14-13-5-4-10(6-11(13)8-15)9-2-1-3-12(7-9)16(17)18/h1-7H,8,15H2. The average Bonchev–Trinajstić information content (AvgIpc) is 2.39. The number of rotatable bonds is 3. The lowest BCUT2D eigenvalue weighted by Crippen LogP contribution is -1.97. The Morgan fingerprint density at radius 3 is 2.56 bits per heavy atom. The second-order valence-corrected chi connectivity index (χ2v) is 4.22. The lowest BCUT2D eigenvalue weighted by molar-refractivity contribution is -0.384. The van der Waals surface area contributed by atoms with E-state index in [0.29, 0.717) is 11.6 Å². The first-order valence-corrected chi connectivity index (χ1v) is 5.73. The minimum atomic E-state index is -0.413. The normalized spacial score (nSPS) is 10.3. The minimum absolute atomic E-state index is 0.0664. The van der Waals surface area contributed by atoms with Gasteiger partial charge in [-0.25, -0.2) is 0 Å². The zero-order valence-corrected chi connectivity index (χ0v) is 10.2. The van der Waals surface area contributed by atoms with Crippen molar-refractivity contribution in [3.05, 3.63) is 63.2 Å². The summed E-state index contributed by atoms with van der Waals surface area (Å²) in [5.74, 6) is 0. The molecular weight excluding hydrogens is 252 g/mol. The molecule has 92 valence electrons. The van der Waals surface area contributed by atoms with Gasteiger partial charge in [-0.15, -0.1) is 0 Å². The van der Waals surface area contributed by atoms with E-state index >= 15 is 0 Å². The van der Waals surface area contributed by atoms with Crippen LogP contribution in [0.3, 0.4) is 0 Å². The van der Waals surface area contributed by atoms with Gasteiger partial charge in [-0.2, -0.15) is 0 Å². The van der Waals surface area contributed by atoms with E-state index in [2.05, 4.69) is 0 Å². The highest BCUT2D eigenvalue weighted by atomic mass is 35.5. The van der Waals surface area contributed by atoms with E-state index in [9.17, 15) is 10.1 Å². The minimum Gasteiger partial charge on any atom is -0.326 e. The van der Waals surface area contributed by atoms with Crippen LogP contribution >= 0.6 is 11.6 Å². The second-order valence-electron chi connectivity index (χ2n) is 3.82. The highest BCUT2D eigenvalue weighted by Crippen LogP contribution is 2.27. The molecule has 0 saturated carbocycles. The monoisotopic (exact) mass is 262 g/mol. The number of hydrogen-bond donors (Lipinski definition) is 1. The van der Waals surface area contributed by atoms with Gasteiger partial charge in [-0.3, -0.25) is 10.1 Å². The van der Waals surface area contributed by atoms with Crippen LogP contribution in [0.2, 0.25) is 5.02 Å². The Balaban J connectivity index is 2.48. The molecule has 0 saturated heterocycles. The lowest BCUT2D eigenvalue weighted by atomic mass is 10.0. The molecule has 2 rings (SSSR count). The molecule has 2 N–H and O–H groups in total. The van der Waals surface area contributed by atoms with Gasteiger partial charge in [0.25, 0.3) is 5.69 Å². The molecule has 2 aromatic carbocycles. The van der Waals surface area contributed by atoms with Crippen molar-refractivity contribution >= 4 is 17.3 Å². The Kier molecular flexibility index (Phi) is 3.60. The summed E-state index contributed by atoms with van der Waals surface area (Å²) in [5.41, 5.74) is 8.11. The van der Waals surface area contributed by atoms with Gasteiger partial charge in [0.1, 0.15) is 0 Å². The predicted molar refractivity (Wildman–Crippen MR) is 71.4 cm³/mol. The van der Waals surface area contributed by atoms with Crippen LogP contribution in [-0.2, 0) is 6.54 Å². The highest BCUT2D eigenvalue weighted by molar-refractivity contribution is 6.31. The van der Waals surface area contributed by atoms with Crippen LogP contribution in [0.1, 0.15) is 5.56 Å². The van der Waals surface area contributed by atoms with Gasteiger partial charge in [0.2, 0.25) is 0 Å². The third-order valence-electron chi connectivity index (χ3n) is 2.66. The van der Waals surface area contributed by atoms with Crippen molar-refractivity contribution in [1.29, 1.82) is 0 Å². The van der Waals surface area contributed by atoms with E-state index in [1.54, 1.807) is 12.1 Å². The Bertz CT molecular complexity index is 599. The molecule has 0 amide bonds. The summed E-state index contributed by atoms with van der Waals surface area (Å²) in [6, 6.07) is 11.9. The van der Waals surface area contributed by atoms with E-state index in [1.807, 2.05) is 18.2 Å². The van der Waals surface area contributed by atoms with Crippen molar-refractivity contribution in [2.24, 2.45) is 5.73 Å². The Morgan fingerprint density at radius 2 is 1.89 bits per heavy atom. The summed E-state index contributed by atoms with van der Waals surface area (Å²) < 4.78 is 0. The fourth-order valence-electron chi connectivity index (χ4n) is 1.71. The first-order valence-electron chi connectivity index (χ1n) is 5.35. The summed E-state index contributed by atoms with van der Waals surface area (Å²) in [7, 11) is 0. The Morgan fingerprint density at radius 1 is 1.17 bits per heavy atom. The van der Waals surface area contributed by atoms with Gasteiger partial charge in [-0.05, 0) is 28.8 Å². The zero-order valence-electron chi connectivity index (χ0n) is 9.47. The molecule has 18 heavy (non-hydrogen) atoms. The number of nitrogens with two attached hydrogens (primary N) is 1. The van der Waals surface area contributed by atoms with Crippen LogP contribution in [0.5, 0.6) is 0 Å². The first kappa shape index (κ1) is 12.5. The molecule has 5 heteroatoms. The second kappa shape index (κ2) is 5.16. The molecule has 0 aromatic heterocycles. The lowest BCUT2D eigenvalue weighted by Gasteiger charge is -2.06. The molecule has 0 atom stereocenters. The summed E-state index contributed by atoms with van der Waals surface area (Å²) in [6.45, 7) is 0.335. The topological polar surface area (TPSA) is 69.2 Å². The molecule has 0 radical (unpaired) electrons. The smallest absolute Gasteiger partial charge is 0.270 e. The van der Waals surface area contributed by atoms with Crippen molar-refractivity contribution in [3.63, 3.8) is 0 Å². The summed E-state index contributed by atoms with van der Waals surface area (Å²) in [6.07, 6.45) is 0. The fraction of sp³-hybridized carbons (Fsp3) is 0.0769. The summed E-state index contributed by atoms with van der Waals surface area (Å²) in [4.78, 5) is 10.3. The molecular formula is C13H11ClN2O2. The van der Waals surface area contributed by atoms with Crippen molar-refractivity contribution in [1.82, 2.24) is 0 Å². The SMILES string of the molecule is NCc1cc(-c2cccc([N+](=O)[O-])c2)ccc1Cl. The van der Waals surface area contributed by atoms with Crippen molar-refractivity contribution in [2.45, 2.75) is 6.54 Å². The van der Waals surface area contributed by atoms with Gasteiger partial charge in [0.05, 0.1) is 4.92 Å². The van der Waals surface area contributed by atoms with Gasteiger partial charge in [0, 0.05) is 23.7 Å². The summed E-state index contributed by atoms with van der Waals surface area (Å²) >= 11 is 5.98. The molecule has 0 aliphatic carbocycles. The number of nitrogens with zero attached hydrogens (tertiary/aromatic N) is 1. The maximum atomic E-state index is 10.7. The van der Waals surface area contributed by atoms with Crippen LogP contribution in [0.25, 0.3) is 11.1 Å². The van der Waals surface area contributed by atoms with E-state index in [1.165, 1.54) is 12.1 Å². The van der Waals surface area contributed by atoms with E-state index in [-0.39, 0.29) is 5.69 Å². The van der Waals surface area contributed by atoms with Crippen LogP contribution in [-0.4, -0.2) is 4.92 Å². The third kappa shape index (κ3) is 2.50. The number of hydrogen-bond acceptors (Lipinski definition) is 3. The number of benzene rings is 2. The van der Waals surface area contributed by atoms with Gasteiger partial charge in [-0.1, -0.05) is 29.8 Å². The molecule has 0 spiro atoms. The Labute approximate surface area is 109 Å². The van der Waals surface area contributed by atoms with E-state index < -0.39 is 4.92 Å². The van der Waals surface area contributed by atoms with Crippen molar-refractivity contribution < 1.29 is 4.92 Å². The third-order valence-corrected chi connectivity index (χ3v) is 3.02. The molecule has 0 heterocycles. The zero-order chi connectivity index (χ0) is 13.1. The van der Waals surface area contributed by atoms with Gasteiger partial charge in [0.15, 0.2) is 0 Å². The average molecular weight is 263 g/mol. The number of halogens is 1. The number of nitro benzene ring substituents is 1. The summed E-state index contributed by atoms with van der Waals surface area (Å²) in [5, 5.41) is 11.3. The molecule has 0 aliphatic rings. The van der Waals surface area contributed by atoms with Crippen LogP contribution < -0.4 is 5.73 Å². The maximum Gasteiger partial charge on any atom is 0.270 e. The Hall–Kier alpha value is -1.91. The molecule has 0 bridgehead atoms. The van der Waals surface area contributed by atoms with Gasteiger partial charge >= 0.3 is 0 Å². The predicted octanol–water partition coefficient (Wildman–Crippen LogP) is 3.37. The first-order chi connectivity index (χ1) is 8.61. The molecule has 0 aliphatic heterocycles.